The van der Waals surface area contributed by atoms with Gasteiger partial charge < -0.3 is 15.4 Å². The highest BCUT2D eigenvalue weighted by molar-refractivity contribution is 5.93. The molecule has 4 N–H and O–H groups in total. The van der Waals surface area contributed by atoms with E-state index >= 15 is 0 Å². The van der Waals surface area contributed by atoms with Gasteiger partial charge in [0.05, 0.1) is 0 Å². The van der Waals surface area contributed by atoms with Gasteiger partial charge in [-0.2, -0.15) is 0 Å². The zero-order valence-corrected chi connectivity index (χ0v) is 20.9. The predicted molar refractivity (Wildman–Crippen MR) is 143 cm³/mol. The van der Waals surface area contributed by atoms with Gasteiger partial charge >= 0.3 is 0 Å². The Morgan fingerprint density at radius 1 is 0.886 bits per heavy atom. The van der Waals surface area contributed by atoms with Crippen molar-refractivity contribution in [2.45, 2.75) is 69.7 Å². The second-order valence-electron chi connectivity index (χ2n) is 11.2. The number of hydrazine groups is 1. The topological polar surface area (TPSA) is 65.2 Å². The van der Waals surface area contributed by atoms with Crippen molar-refractivity contribution in [2.75, 3.05) is 26.3 Å². The summed E-state index contributed by atoms with van der Waals surface area (Å²) in [6.45, 7) is 3.80. The van der Waals surface area contributed by atoms with Crippen LogP contribution in [0.2, 0.25) is 0 Å². The van der Waals surface area contributed by atoms with Gasteiger partial charge in [0.1, 0.15) is 6.29 Å². The summed E-state index contributed by atoms with van der Waals surface area (Å²) in [5, 5.41) is 10.4. The van der Waals surface area contributed by atoms with Crippen molar-refractivity contribution >= 4 is 23.1 Å². The number of benzene rings is 2. The van der Waals surface area contributed by atoms with Crippen LogP contribution in [0.1, 0.15) is 73.1 Å². The second kappa shape index (κ2) is 10.1. The molecule has 2 aromatic rings. The number of rotatable bonds is 3. The van der Waals surface area contributed by atoms with E-state index in [1.54, 1.807) is 0 Å². The van der Waals surface area contributed by atoms with Gasteiger partial charge in [0, 0.05) is 37.1 Å². The van der Waals surface area contributed by atoms with Crippen molar-refractivity contribution in [3.8, 4) is 0 Å². The van der Waals surface area contributed by atoms with Crippen LogP contribution in [0, 0.1) is 11.3 Å². The Kier molecular flexibility index (Phi) is 6.76. The third kappa shape index (κ3) is 4.48. The minimum atomic E-state index is -0.109. The third-order valence-corrected chi connectivity index (χ3v) is 9.19. The first-order chi connectivity index (χ1) is 17.3. The zero-order chi connectivity index (χ0) is 23.7. The lowest BCUT2D eigenvalue weighted by molar-refractivity contribution is -0.114. The Morgan fingerprint density at radius 3 is 2.60 bits per heavy atom. The number of aryl methyl sites for hydroxylation is 2. The molecular weight excluding hydrogens is 432 g/mol. The number of carbonyl (C=O) groups excluding carboxylic acids is 1. The number of carbonyl (C=O) groups is 1. The molecule has 186 valence electrons. The van der Waals surface area contributed by atoms with E-state index in [1.807, 2.05) is 0 Å². The van der Waals surface area contributed by atoms with Crippen molar-refractivity contribution < 1.29 is 4.79 Å². The largest absolute Gasteiger partial charge is 0.304 e. The van der Waals surface area contributed by atoms with Crippen molar-refractivity contribution in [1.29, 1.82) is 0 Å². The van der Waals surface area contributed by atoms with Gasteiger partial charge in [-0.3, -0.25) is 10.9 Å². The van der Waals surface area contributed by atoms with Crippen LogP contribution < -0.4 is 21.5 Å². The Bertz CT molecular complexity index is 1090. The second-order valence-corrected chi connectivity index (χ2v) is 11.2. The molecule has 0 bridgehead atoms. The average Bonchev–Trinajstić information content (AvgIpc) is 3.69. The smallest absolute Gasteiger partial charge is 0.126 e. The van der Waals surface area contributed by atoms with Gasteiger partial charge in [-0.1, -0.05) is 36.4 Å². The molecule has 3 aliphatic carbocycles. The van der Waals surface area contributed by atoms with Gasteiger partial charge in [-0.25, -0.2) is 0 Å². The highest BCUT2D eigenvalue weighted by Gasteiger charge is 2.54. The fourth-order valence-corrected chi connectivity index (χ4v) is 7.16. The van der Waals surface area contributed by atoms with Crippen molar-refractivity contribution in [3.05, 3.63) is 52.6 Å². The van der Waals surface area contributed by atoms with E-state index in [9.17, 15) is 4.79 Å². The van der Waals surface area contributed by atoms with E-state index in [-0.39, 0.29) is 5.41 Å². The predicted octanol–water partition coefficient (Wildman–Crippen LogP) is 4.21. The monoisotopic (exact) mass is 472 g/mol. The highest BCUT2D eigenvalue weighted by atomic mass is 16.1. The van der Waals surface area contributed by atoms with Gasteiger partial charge in [-0.15, -0.1) is 0 Å². The molecule has 35 heavy (non-hydrogen) atoms. The molecule has 0 aromatic heterocycles. The van der Waals surface area contributed by atoms with Crippen molar-refractivity contribution in [3.63, 3.8) is 0 Å². The standard InChI is InChI=1S/C30H40N4O/c35-19-30(14-15-30)27-12-11-25-24-8-7-21-5-1-2-6-22(21)23(24)9-10-26(25)29(27)28-13-18-34-33-17-4-3-16-31-20-32-28/h1,5,7-10,19,27-29,31-34H,2-4,6,11-18,20H2. The Labute approximate surface area is 209 Å². The molecule has 3 unspecified atom stereocenters. The molecule has 1 heterocycles. The molecular formula is C30H40N4O. The van der Waals surface area contributed by atoms with E-state index in [0.29, 0.717) is 17.9 Å². The van der Waals surface area contributed by atoms with Gasteiger partial charge in [0.25, 0.3) is 0 Å². The van der Waals surface area contributed by atoms with E-state index in [4.69, 9.17) is 0 Å². The van der Waals surface area contributed by atoms with Crippen LogP contribution in [-0.4, -0.2) is 38.6 Å². The van der Waals surface area contributed by atoms with Crippen LogP contribution in [0.5, 0.6) is 0 Å². The maximum absolute atomic E-state index is 12.3. The van der Waals surface area contributed by atoms with Gasteiger partial charge in [0.2, 0.25) is 0 Å². The molecule has 6 rings (SSSR count). The average molecular weight is 473 g/mol. The number of fused-ring (bicyclic) bond motifs is 5. The van der Waals surface area contributed by atoms with E-state index in [2.05, 4.69) is 57.9 Å². The summed E-state index contributed by atoms with van der Waals surface area (Å²) in [6.07, 6.45) is 15.9. The maximum atomic E-state index is 12.3. The highest BCUT2D eigenvalue weighted by Crippen LogP contribution is 2.59. The summed E-state index contributed by atoms with van der Waals surface area (Å²) in [6, 6.07) is 9.86. The summed E-state index contributed by atoms with van der Waals surface area (Å²) < 4.78 is 0. The number of nitrogens with one attached hydrogen (secondary N) is 4. The molecule has 1 saturated heterocycles. The van der Waals surface area contributed by atoms with Crippen LogP contribution >= 0.6 is 0 Å². The quantitative estimate of drug-likeness (QED) is 0.504. The lowest BCUT2D eigenvalue weighted by Crippen LogP contribution is -2.48. The minimum absolute atomic E-state index is 0.109. The number of hydrogen-bond donors (Lipinski definition) is 4. The molecule has 1 saturated carbocycles. The molecule has 2 fully saturated rings. The van der Waals surface area contributed by atoms with Crippen LogP contribution in [0.3, 0.4) is 0 Å². The Balaban J connectivity index is 1.40. The molecule has 2 aromatic carbocycles. The van der Waals surface area contributed by atoms with Gasteiger partial charge in [0.15, 0.2) is 0 Å². The van der Waals surface area contributed by atoms with E-state index < -0.39 is 0 Å². The van der Waals surface area contributed by atoms with E-state index in [1.165, 1.54) is 52.2 Å². The molecule has 1 aliphatic heterocycles. The van der Waals surface area contributed by atoms with Gasteiger partial charge in [-0.05, 0) is 103 Å². The summed E-state index contributed by atoms with van der Waals surface area (Å²) >= 11 is 0. The van der Waals surface area contributed by atoms with Crippen LogP contribution in [0.25, 0.3) is 16.8 Å². The first-order valence-corrected chi connectivity index (χ1v) is 13.9. The third-order valence-electron chi connectivity index (χ3n) is 9.19. The van der Waals surface area contributed by atoms with Crippen LogP contribution in [0.4, 0.5) is 0 Å². The molecule has 5 nitrogen and oxygen atoms in total. The zero-order valence-electron chi connectivity index (χ0n) is 20.9. The first-order valence-electron chi connectivity index (χ1n) is 13.9. The lowest BCUT2D eigenvalue weighted by atomic mass is 9.64. The van der Waals surface area contributed by atoms with E-state index in [0.717, 1.165) is 71.2 Å². The molecule has 0 amide bonds. The summed E-state index contributed by atoms with van der Waals surface area (Å²) in [5.74, 6) is 0.780. The van der Waals surface area contributed by atoms with Crippen molar-refractivity contribution in [1.82, 2.24) is 21.5 Å². The SMILES string of the molecule is O=CC1(C2CCc3c(ccc4c5c(ccc34)C=CCC5)C2C2CCNNCCCCNCN2)CC1. The lowest BCUT2D eigenvalue weighted by Gasteiger charge is -2.42. The summed E-state index contributed by atoms with van der Waals surface area (Å²) in [4.78, 5) is 12.3. The number of hydrogen-bond acceptors (Lipinski definition) is 5. The van der Waals surface area contributed by atoms with Crippen LogP contribution in [0.15, 0.2) is 30.3 Å². The molecule has 4 aliphatic rings. The summed E-state index contributed by atoms with van der Waals surface area (Å²) in [5.41, 5.74) is 12.7. The molecule has 0 spiro atoms. The number of aldehydes is 1. The van der Waals surface area contributed by atoms with Crippen molar-refractivity contribution in [2.24, 2.45) is 11.3 Å². The maximum Gasteiger partial charge on any atom is 0.126 e. The minimum Gasteiger partial charge on any atom is -0.304 e. The number of allylic oxidation sites excluding steroid dienone is 1. The molecule has 3 atom stereocenters. The first kappa shape index (κ1) is 23.4. The fourth-order valence-electron chi connectivity index (χ4n) is 7.16. The fraction of sp³-hybridized carbons (Fsp3) is 0.567. The molecule has 5 heteroatoms. The van der Waals surface area contributed by atoms with Crippen LogP contribution in [-0.2, 0) is 17.6 Å². The normalized spacial score (nSPS) is 28.9. The molecule has 0 radical (unpaired) electrons. The summed E-state index contributed by atoms with van der Waals surface area (Å²) in [7, 11) is 0. The Hall–Kier alpha value is -2.05. The Morgan fingerprint density at radius 2 is 1.71 bits per heavy atom.